The summed E-state index contributed by atoms with van der Waals surface area (Å²) in [6.07, 6.45) is 0.686. The summed E-state index contributed by atoms with van der Waals surface area (Å²) in [5.41, 5.74) is 0.840. The number of rotatable bonds is 1. The van der Waals surface area contributed by atoms with Crippen molar-refractivity contribution >= 4 is 17.3 Å². The second kappa shape index (κ2) is 4.85. The van der Waals surface area contributed by atoms with Gasteiger partial charge < -0.3 is 0 Å². The normalized spacial score (nSPS) is 25.2. The van der Waals surface area contributed by atoms with Crippen LogP contribution in [0, 0.1) is 11.3 Å². The molecule has 2 bridgehead atoms. The van der Waals surface area contributed by atoms with E-state index in [0.717, 1.165) is 30.9 Å². The van der Waals surface area contributed by atoms with Crippen LogP contribution in [0.25, 0.3) is 5.57 Å². The molecule has 0 amide bonds. The van der Waals surface area contributed by atoms with Crippen molar-refractivity contribution in [3.05, 3.63) is 41.0 Å². The van der Waals surface area contributed by atoms with Crippen LogP contribution in [0.1, 0.15) is 36.0 Å². The number of allylic oxidation sites excluding steroid dienone is 1. The third-order valence-electron chi connectivity index (χ3n) is 3.74. The first kappa shape index (κ1) is 13.6. The molecule has 104 valence electrons. The molecule has 5 heteroatoms. The Morgan fingerprint density at radius 2 is 2.00 bits per heavy atom. The predicted molar refractivity (Wildman–Crippen MR) is 73.2 cm³/mol. The maximum Gasteiger partial charge on any atom is 0.416 e. The number of fused-ring (bicyclic) bond motifs is 2. The topological polar surface area (TPSA) is 23.8 Å². The molecular formula is C15H12F3NS. The monoisotopic (exact) mass is 295 g/mol. The molecule has 0 aromatic heterocycles. The van der Waals surface area contributed by atoms with E-state index in [1.165, 1.54) is 6.07 Å². The fourth-order valence-electron chi connectivity index (χ4n) is 2.80. The van der Waals surface area contributed by atoms with Gasteiger partial charge in [-0.15, -0.1) is 0 Å². The molecule has 0 saturated carbocycles. The highest BCUT2D eigenvalue weighted by molar-refractivity contribution is 8.01. The molecule has 0 aliphatic carbocycles. The van der Waals surface area contributed by atoms with Crippen LogP contribution in [0.5, 0.6) is 0 Å². The van der Waals surface area contributed by atoms with Crippen LogP contribution in [0.4, 0.5) is 13.2 Å². The fourth-order valence-corrected chi connectivity index (χ4v) is 4.36. The third-order valence-corrected chi connectivity index (χ3v) is 5.24. The number of nitrogens with zero attached hydrogens (tertiary/aromatic N) is 1. The summed E-state index contributed by atoms with van der Waals surface area (Å²) >= 11 is 1.91. The van der Waals surface area contributed by atoms with Crippen LogP contribution < -0.4 is 0 Å². The van der Waals surface area contributed by atoms with Gasteiger partial charge in [0.2, 0.25) is 0 Å². The summed E-state index contributed by atoms with van der Waals surface area (Å²) in [4.78, 5) is 0. The van der Waals surface area contributed by atoms with E-state index in [4.69, 9.17) is 5.26 Å². The summed E-state index contributed by atoms with van der Waals surface area (Å²) < 4.78 is 38.7. The molecule has 2 aliphatic rings. The van der Waals surface area contributed by atoms with Crippen LogP contribution >= 0.6 is 11.8 Å². The minimum Gasteiger partial charge on any atom is -0.192 e. The van der Waals surface area contributed by atoms with Gasteiger partial charge in [0.15, 0.2) is 0 Å². The smallest absolute Gasteiger partial charge is 0.192 e. The second-order valence-corrected chi connectivity index (χ2v) is 6.72. The minimum atomic E-state index is -4.41. The van der Waals surface area contributed by atoms with Crippen molar-refractivity contribution in [3.63, 3.8) is 0 Å². The highest BCUT2D eigenvalue weighted by Crippen LogP contribution is 2.45. The van der Waals surface area contributed by atoms with Gasteiger partial charge in [-0.05, 0) is 48.6 Å². The number of alkyl halides is 3. The summed E-state index contributed by atoms with van der Waals surface area (Å²) in [6.45, 7) is 0. The molecule has 0 N–H and O–H groups in total. The van der Waals surface area contributed by atoms with Gasteiger partial charge in [0, 0.05) is 10.5 Å². The van der Waals surface area contributed by atoms with Crippen molar-refractivity contribution in [2.45, 2.75) is 35.9 Å². The molecule has 2 aliphatic heterocycles. The number of hydrogen-bond donors (Lipinski definition) is 0. The lowest BCUT2D eigenvalue weighted by Gasteiger charge is -2.20. The molecule has 20 heavy (non-hydrogen) atoms. The Kier molecular flexibility index (Phi) is 3.29. The van der Waals surface area contributed by atoms with Gasteiger partial charge in [-0.2, -0.15) is 30.2 Å². The van der Waals surface area contributed by atoms with Crippen LogP contribution in [0.2, 0.25) is 0 Å². The number of halogens is 3. The molecule has 3 rings (SSSR count). The van der Waals surface area contributed by atoms with Crippen molar-refractivity contribution < 1.29 is 13.2 Å². The van der Waals surface area contributed by atoms with E-state index in [1.54, 1.807) is 6.07 Å². The number of thioether (sulfide) groups is 1. The quantitative estimate of drug-likeness (QED) is 0.754. The molecule has 0 spiro atoms. The summed E-state index contributed by atoms with van der Waals surface area (Å²) in [5, 5.41) is 9.86. The lowest BCUT2D eigenvalue weighted by molar-refractivity contribution is -0.137. The van der Waals surface area contributed by atoms with Crippen molar-refractivity contribution in [1.82, 2.24) is 0 Å². The maximum atomic E-state index is 12.9. The van der Waals surface area contributed by atoms with Gasteiger partial charge in [-0.3, -0.25) is 0 Å². The van der Waals surface area contributed by atoms with E-state index in [1.807, 2.05) is 17.8 Å². The van der Waals surface area contributed by atoms with Gasteiger partial charge in [0.05, 0.1) is 17.2 Å². The molecule has 2 atom stereocenters. The summed E-state index contributed by atoms with van der Waals surface area (Å²) in [5.74, 6) is 0. The van der Waals surface area contributed by atoms with E-state index in [2.05, 4.69) is 6.08 Å². The number of benzene rings is 1. The maximum absolute atomic E-state index is 12.9. The number of nitriles is 1. The second-order valence-electron chi connectivity index (χ2n) is 5.18. The lowest BCUT2D eigenvalue weighted by atomic mass is 9.96. The van der Waals surface area contributed by atoms with Crippen molar-refractivity contribution in [2.24, 2.45) is 0 Å². The van der Waals surface area contributed by atoms with E-state index < -0.39 is 11.7 Å². The van der Waals surface area contributed by atoms with Crippen LogP contribution in [-0.2, 0) is 6.18 Å². The van der Waals surface area contributed by atoms with Crippen molar-refractivity contribution in [2.75, 3.05) is 0 Å². The largest absolute Gasteiger partial charge is 0.416 e. The average molecular weight is 295 g/mol. The van der Waals surface area contributed by atoms with Crippen LogP contribution in [-0.4, -0.2) is 10.5 Å². The zero-order chi connectivity index (χ0) is 14.3. The third kappa shape index (κ3) is 2.57. The predicted octanol–water partition coefficient (Wildman–Crippen LogP) is 4.63. The van der Waals surface area contributed by atoms with Gasteiger partial charge in [0.25, 0.3) is 0 Å². The molecule has 1 saturated heterocycles. The minimum absolute atomic E-state index is 0.0706. The number of hydrogen-bond acceptors (Lipinski definition) is 2. The first-order valence-corrected chi connectivity index (χ1v) is 7.39. The van der Waals surface area contributed by atoms with E-state index in [9.17, 15) is 13.2 Å². The summed E-state index contributed by atoms with van der Waals surface area (Å²) in [7, 11) is 0. The average Bonchev–Trinajstić information content (AvgIpc) is 2.76. The molecule has 2 heterocycles. The van der Waals surface area contributed by atoms with E-state index in [0.29, 0.717) is 16.1 Å². The zero-order valence-corrected chi connectivity index (χ0v) is 11.4. The highest BCUT2D eigenvalue weighted by Gasteiger charge is 2.33. The molecule has 0 radical (unpaired) electrons. The Morgan fingerprint density at radius 1 is 1.20 bits per heavy atom. The van der Waals surface area contributed by atoms with Crippen molar-refractivity contribution in [3.8, 4) is 6.07 Å². The van der Waals surface area contributed by atoms with Gasteiger partial charge in [0.1, 0.15) is 0 Å². The zero-order valence-electron chi connectivity index (χ0n) is 10.6. The highest BCUT2D eigenvalue weighted by atomic mass is 32.2. The Labute approximate surface area is 119 Å². The Bertz CT molecular complexity index is 613. The van der Waals surface area contributed by atoms with Gasteiger partial charge >= 0.3 is 6.18 Å². The fraction of sp³-hybridized carbons (Fsp3) is 0.400. The Morgan fingerprint density at radius 3 is 2.65 bits per heavy atom. The molecule has 1 aromatic carbocycles. The molecule has 1 nitrogen and oxygen atoms in total. The summed E-state index contributed by atoms with van der Waals surface area (Å²) in [6, 6.07) is 5.47. The first-order valence-electron chi connectivity index (χ1n) is 6.44. The van der Waals surface area contributed by atoms with Gasteiger partial charge in [-0.25, -0.2) is 0 Å². The SMILES string of the molecule is N#Cc1cc(C2=CC3CCC(C2)S3)cc(C(F)(F)F)c1. The molecule has 1 aromatic rings. The Balaban J connectivity index is 2.04. The lowest BCUT2D eigenvalue weighted by Crippen LogP contribution is -2.09. The van der Waals surface area contributed by atoms with E-state index >= 15 is 0 Å². The Hall–Kier alpha value is -1.41. The van der Waals surface area contributed by atoms with Crippen LogP contribution in [0.15, 0.2) is 24.3 Å². The van der Waals surface area contributed by atoms with Crippen molar-refractivity contribution in [1.29, 1.82) is 5.26 Å². The van der Waals surface area contributed by atoms with Crippen LogP contribution in [0.3, 0.4) is 0 Å². The molecular weight excluding hydrogens is 283 g/mol. The standard InChI is InChI=1S/C15H12F3NS/c16-15(17,18)12-4-9(8-19)3-10(5-12)11-6-13-1-2-14(7-11)20-13/h3-6,13-14H,1-2,7H2. The van der Waals surface area contributed by atoms with Gasteiger partial charge in [-0.1, -0.05) is 6.08 Å². The molecule has 2 unspecified atom stereocenters. The first-order chi connectivity index (χ1) is 9.45. The molecule has 1 fully saturated rings. The van der Waals surface area contributed by atoms with E-state index in [-0.39, 0.29) is 5.56 Å².